The zero-order valence-corrected chi connectivity index (χ0v) is 11.2. The minimum absolute atomic E-state index is 0.0337. The lowest BCUT2D eigenvalue weighted by Crippen LogP contribution is -2.47. The van der Waals surface area contributed by atoms with Crippen LogP contribution in [0.25, 0.3) is 0 Å². The van der Waals surface area contributed by atoms with E-state index in [4.69, 9.17) is 0 Å². The molecule has 0 aromatic carbocycles. The minimum atomic E-state index is -0.129. The summed E-state index contributed by atoms with van der Waals surface area (Å²) in [6.45, 7) is 3.28. The number of likely N-dealkylation sites (tertiary alicyclic amines) is 1. The van der Waals surface area contributed by atoms with E-state index in [2.05, 4.69) is 5.32 Å². The van der Waals surface area contributed by atoms with Gasteiger partial charge in [0.25, 0.3) is 0 Å². The Balaban J connectivity index is 1.84. The molecule has 2 heterocycles. The molecule has 2 fully saturated rings. The van der Waals surface area contributed by atoms with Gasteiger partial charge in [-0.3, -0.25) is 19.3 Å². The van der Waals surface area contributed by atoms with Gasteiger partial charge in [-0.2, -0.15) is 0 Å². The fraction of sp³-hybridized carbons (Fsp3) is 0.769. The Morgan fingerprint density at radius 3 is 2.21 bits per heavy atom. The average molecular weight is 267 g/mol. The van der Waals surface area contributed by atoms with Gasteiger partial charge in [0, 0.05) is 52.0 Å². The van der Waals surface area contributed by atoms with Crippen LogP contribution in [0.3, 0.4) is 0 Å². The van der Waals surface area contributed by atoms with Crippen LogP contribution in [0.2, 0.25) is 0 Å². The molecular weight excluding hydrogens is 246 g/mol. The number of rotatable bonds is 3. The van der Waals surface area contributed by atoms with Gasteiger partial charge < -0.3 is 10.2 Å². The number of nitrogens with zero attached hydrogens (tertiary/aromatic N) is 2. The number of nitrogens with one attached hydrogen (secondary N) is 1. The molecule has 0 spiro atoms. The Labute approximate surface area is 113 Å². The predicted molar refractivity (Wildman–Crippen MR) is 69.3 cm³/mol. The summed E-state index contributed by atoms with van der Waals surface area (Å²) >= 11 is 0. The molecule has 0 radical (unpaired) electrons. The van der Waals surface area contributed by atoms with Crippen molar-refractivity contribution in [3.8, 4) is 0 Å². The summed E-state index contributed by atoms with van der Waals surface area (Å²) in [5, 5.41) is 3.18. The Kier molecular flexibility index (Phi) is 4.90. The highest BCUT2D eigenvalue weighted by molar-refractivity contribution is 5.96. The zero-order valence-electron chi connectivity index (χ0n) is 11.2. The van der Waals surface area contributed by atoms with Crippen LogP contribution in [-0.2, 0) is 14.4 Å². The van der Waals surface area contributed by atoms with Crippen molar-refractivity contribution in [1.29, 1.82) is 0 Å². The quantitative estimate of drug-likeness (QED) is 0.715. The third-order valence-corrected chi connectivity index (χ3v) is 3.65. The molecule has 2 aliphatic rings. The smallest absolute Gasteiger partial charge is 0.229 e. The van der Waals surface area contributed by atoms with Gasteiger partial charge in [-0.15, -0.1) is 0 Å². The molecule has 106 valence electrons. The summed E-state index contributed by atoms with van der Waals surface area (Å²) in [7, 11) is 0. The minimum Gasteiger partial charge on any atom is -0.340 e. The lowest BCUT2D eigenvalue weighted by Gasteiger charge is -2.28. The number of hydrogen-bond donors (Lipinski definition) is 1. The van der Waals surface area contributed by atoms with E-state index in [9.17, 15) is 14.4 Å². The van der Waals surface area contributed by atoms with Gasteiger partial charge in [-0.05, 0) is 12.8 Å². The van der Waals surface area contributed by atoms with E-state index in [-0.39, 0.29) is 30.7 Å². The van der Waals surface area contributed by atoms with Crippen LogP contribution in [0.1, 0.15) is 32.1 Å². The Morgan fingerprint density at radius 2 is 1.63 bits per heavy atom. The van der Waals surface area contributed by atoms with E-state index < -0.39 is 0 Å². The molecule has 6 heteroatoms. The van der Waals surface area contributed by atoms with Crippen molar-refractivity contribution >= 4 is 17.7 Å². The number of carbonyl (C=O) groups excluding carboxylic acids is 3. The second-order valence-corrected chi connectivity index (χ2v) is 5.03. The monoisotopic (exact) mass is 267 g/mol. The molecular formula is C13H21N3O3. The topological polar surface area (TPSA) is 69.7 Å². The Hall–Kier alpha value is -1.43. The molecule has 2 saturated heterocycles. The van der Waals surface area contributed by atoms with Crippen molar-refractivity contribution in [3.63, 3.8) is 0 Å². The first-order valence-corrected chi connectivity index (χ1v) is 7.00. The van der Waals surface area contributed by atoms with Gasteiger partial charge in [0.15, 0.2) is 0 Å². The summed E-state index contributed by atoms with van der Waals surface area (Å²) < 4.78 is 0. The van der Waals surface area contributed by atoms with E-state index >= 15 is 0 Å². The molecule has 0 bridgehead atoms. The third kappa shape index (κ3) is 3.76. The molecule has 0 aromatic rings. The number of piperazine rings is 1. The van der Waals surface area contributed by atoms with E-state index in [0.717, 1.165) is 25.9 Å². The highest BCUT2D eigenvalue weighted by Crippen LogP contribution is 2.13. The molecule has 0 atom stereocenters. The maximum absolute atomic E-state index is 12.0. The van der Waals surface area contributed by atoms with Crippen molar-refractivity contribution in [1.82, 2.24) is 15.1 Å². The largest absolute Gasteiger partial charge is 0.340 e. The molecule has 19 heavy (non-hydrogen) atoms. The molecule has 0 unspecified atom stereocenters. The van der Waals surface area contributed by atoms with Gasteiger partial charge >= 0.3 is 0 Å². The van der Waals surface area contributed by atoms with Gasteiger partial charge in [0.2, 0.25) is 17.7 Å². The maximum Gasteiger partial charge on any atom is 0.229 e. The number of carbonyl (C=O) groups is 3. The van der Waals surface area contributed by atoms with Crippen molar-refractivity contribution in [3.05, 3.63) is 0 Å². The fourth-order valence-corrected chi connectivity index (χ4v) is 2.49. The molecule has 2 aliphatic heterocycles. The van der Waals surface area contributed by atoms with E-state index in [1.165, 1.54) is 4.90 Å². The van der Waals surface area contributed by atoms with E-state index in [1.54, 1.807) is 4.90 Å². The Morgan fingerprint density at radius 1 is 1.05 bits per heavy atom. The molecule has 3 amide bonds. The van der Waals surface area contributed by atoms with Crippen LogP contribution in [-0.4, -0.2) is 60.2 Å². The van der Waals surface area contributed by atoms with E-state index in [0.29, 0.717) is 25.9 Å². The number of amides is 3. The standard InChI is InChI=1S/C13H21N3O3/c17-11(15-9-6-14-7-10-15)5-8-16-12(18)3-1-2-4-13(16)19/h14H,1-10H2. The van der Waals surface area contributed by atoms with Gasteiger partial charge in [0.1, 0.15) is 0 Å². The van der Waals surface area contributed by atoms with E-state index in [1.807, 2.05) is 0 Å². The molecule has 2 rings (SSSR count). The predicted octanol–water partition coefficient (Wildman–Crippen LogP) is -0.262. The number of imide groups is 1. The summed E-state index contributed by atoms with van der Waals surface area (Å²) in [5.74, 6) is -0.224. The lowest BCUT2D eigenvalue weighted by molar-refractivity contribution is -0.144. The highest BCUT2D eigenvalue weighted by Gasteiger charge is 2.25. The van der Waals surface area contributed by atoms with Crippen LogP contribution in [0.4, 0.5) is 0 Å². The normalized spacial score (nSPS) is 21.5. The van der Waals surface area contributed by atoms with Gasteiger partial charge in [-0.1, -0.05) is 0 Å². The molecule has 0 aliphatic carbocycles. The van der Waals surface area contributed by atoms with Crippen molar-refractivity contribution in [2.75, 3.05) is 32.7 Å². The van der Waals surface area contributed by atoms with Crippen molar-refractivity contribution < 1.29 is 14.4 Å². The Bertz CT molecular complexity index is 346. The maximum atomic E-state index is 12.0. The van der Waals surface area contributed by atoms with Crippen LogP contribution in [0.15, 0.2) is 0 Å². The van der Waals surface area contributed by atoms with Crippen LogP contribution in [0.5, 0.6) is 0 Å². The van der Waals surface area contributed by atoms with Crippen molar-refractivity contribution in [2.45, 2.75) is 32.1 Å². The zero-order chi connectivity index (χ0) is 13.7. The first-order valence-electron chi connectivity index (χ1n) is 7.00. The number of hydrogen-bond acceptors (Lipinski definition) is 4. The molecule has 1 N–H and O–H groups in total. The summed E-state index contributed by atoms with van der Waals surface area (Å²) in [6, 6.07) is 0. The van der Waals surface area contributed by atoms with Crippen LogP contribution < -0.4 is 5.32 Å². The van der Waals surface area contributed by atoms with Gasteiger partial charge in [0.05, 0.1) is 0 Å². The van der Waals surface area contributed by atoms with Crippen molar-refractivity contribution in [2.24, 2.45) is 0 Å². The second-order valence-electron chi connectivity index (χ2n) is 5.03. The molecule has 0 saturated carbocycles. The van der Waals surface area contributed by atoms with Gasteiger partial charge in [-0.25, -0.2) is 0 Å². The molecule has 6 nitrogen and oxygen atoms in total. The summed E-state index contributed by atoms with van der Waals surface area (Å²) in [5.41, 5.74) is 0. The fourth-order valence-electron chi connectivity index (χ4n) is 2.49. The second kappa shape index (κ2) is 6.65. The average Bonchev–Trinajstić information content (AvgIpc) is 2.59. The third-order valence-electron chi connectivity index (χ3n) is 3.65. The molecule has 0 aromatic heterocycles. The summed E-state index contributed by atoms with van der Waals surface area (Å²) in [6.07, 6.45) is 2.64. The first-order chi connectivity index (χ1) is 9.18. The summed E-state index contributed by atoms with van der Waals surface area (Å²) in [4.78, 5) is 38.6. The lowest BCUT2D eigenvalue weighted by atomic mass is 10.2. The SMILES string of the molecule is O=C(CCN1C(=O)CCCCC1=O)N1CCNCC1. The van der Waals surface area contributed by atoms with Crippen LogP contribution >= 0.6 is 0 Å². The first kappa shape index (κ1) is 14.0. The highest BCUT2D eigenvalue weighted by atomic mass is 16.2. The van der Waals surface area contributed by atoms with Crippen LogP contribution in [0, 0.1) is 0 Å².